The monoisotopic (exact) mass is 404 g/mol. The quantitative estimate of drug-likeness (QED) is 0.469. The van der Waals surface area contributed by atoms with E-state index in [-0.39, 0.29) is 11.4 Å². The summed E-state index contributed by atoms with van der Waals surface area (Å²) in [6.45, 7) is 0.961. The molecule has 0 aliphatic carbocycles. The van der Waals surface area contributed by atoms with Gasteiger partial charge in [0.25, 0.3) is 0 Å². The van der Waals surface area contributed by atoms with Gasteiger partial charge >= 0.3 is 6.18 Å². The lowest BCUT2D eigenvalue weighted by Gasteiger charge is -2.11. The maximum absolute atomic E-state index is 12.9. The van der Waals surface area contributed by atoms with Crippen molar-refractivity contribution in [2.24, 2.45) is 0 Å². The number of fused-ring (bicyclic) bond motifs is 1. The predicted octanol–water partition coefficient (Wildman–Crippen LogP) is 5.00. The summed E-state index contributed by atoms with van der Waals surface area (Å²) in [6, 6.07) is 12.8. The average molecular weight is 404 g/mol. The van der Waals surface area contributed by atoms with Crippen LogP contribution in [0.5, 0.6) is 0 Å². The van der Waals surface area contributed by atoms with Gasteiger partial charge in [0, 0.05) is 5.56 Å². The van der Waals surface area contributed by atoms with Crippen molar-refractivity contribution in [1.29, 1.82) is 0 Å². The molecule has 0 unspecified atom stereocenters. The molecule has 0 spiro atoms. The first-order chi connectivity index (χ1) is 13.4. The lowest BCUT2D eigenvalue weighted by Crippen LogP contribution is -2.17. The molecule has 5 nitrogen and oxygen atoms in total. The molecule has 2 aromatic heterocycles. The Kier molecular flexibility index (Phi) is 4.86. The maximum Gasteiger partial charge on any atom is 0.416 e. The lowest BCUT2D eigenvalue weighted by molar-refractivity contribution is -0.137. The van der Waals surface area contributed by atoms with Crippen molar-refractivity contribution >= 4 is 21.6 Å². The van der Waals surface area contributed by atoms with Gasteiger partial charge in [-0.1, -0.05) is 29.4 Å². The van der Waals surface area contributed by atoms with Gasteiger partial charge in [0.05, 0.1) is 28.9 Å². The fraction of sp³-hybridized carbons (Fsp3) is 0.211. The van der Waals surface area contributed by atoms with Crippen molar-refractivity contribution in [3.63, 3.8) is 0 Å². The van der Waals surface area contributed by atoms with Crippen LogP contribution in [0.1, 0.15) is 16.5 Å². The highest BCUT2D eigenvalue weighted by molar-refractivity contribution is 7.18. The van der Waals surface area contributed by atoms with E-state index in [2.05, 4.69) is 15.1 Å². The highest BCUT2D eigenvalue weighted by atomic mass is 32.1. The topological polar surface area (TPSA) is 55.1 Å². The van der Waals surface area contributed by atoms with E-state index in [0.717, 1.165) is 27.4 Å². The average Bonchev–Trinajstić information content (AvgIpc) is 3.27. The number of hydrogen-bond acceptors (Lipinski definition) is 6. The van der Waals surface area contributed by atoms with Crippen LogP contribution in [0.25, 0.3) is 21.6 Å². The molecule has 0 saturated carbocycles. The Morgan fingerprint density at radius 3 is 2.64 bits per heavy atom. The summed E-state index contributed by atoms with van der Waals surface area (Å²) in [7, 11) is 1.89. The van der Waals surface area contributed by atoms with E-state index in [0.29, 0.717) is 19.0 Å². The van der Waals surface area contributed by atoms with E-state index in [1.165, 1.54) is 12.1 Å². The Labute approximate surface area is 162 Å². The van der Waals surface area contributed by atoms with E-state index >= 15 is 0 Å². The molecule has 0 radical (unpaired) electrons. The van der Waals surface area contributed by atoms with Crippen LogP contribution in [-0.4, -0.2) is 27.1 Å². The molecular formula is C19H15F3N4OS. The molecule has 2 aromatic carbocycles. The zero-order chi connectivity index (χ0) is 19.7. The summed E-state index contributed by atoms with van der Waals surface area (Å²) in [5.41, 5.74) is 0.475. The van der Waals surface area contributed by atoms with Crippen molar-refractivity contribution in [2.45, 2.75) is 19.3 Å². The second-order valence-electron chi connectivity index (χ2n) is 6.34. The highest BCUT2D eigenvalue weighted by Gasteiger charge is 2.30. The van der Waals surface area contributed by atoms with E-state index in [1.807, 2.05) is 36.2 Å². The highest BCUT2D eigenvalue weighted by Crippen LogP contribution is 2.31. The van der Waals surface area contributed by atoms with Crippen LogP contribution in [0.3, 0.4) is 0 Å². The van der Waals surface area contributed by atoms with Gasteiger partial charge in [0.2, 0.25) is 11.7 Å². The standard InChI is InChI=1S/C19H15F3N4OS/c1-26(11-17-23-14-7-2-3-8-15(14)28-17)10-16-24-18(25-27-16)12-5-4-6-13(9-12)19(20,21)22/h2-9H,10-11H2,1H3. The van der Waals surface area contributed by atoms with E-state index in [9.17, 15) is 13.2 Å². The minimum atomic E-state index is -4.42. The second kappa shape index (κ2) is 7.33. The Morgan fingerprint density at radius 1 is 1.04 bits per heavy atom. The van der Waals surface area contributed by atoms with Gasteiger partial charge < -0.3 is 4.52 Å². The van der Waals surface area contributed by atoms with Crippen LogP contribution < -0.4 is 0 Å². The summed E-state index contributed by atoms with van der Waals surface area (Å²) in [5, 5.41) is 4.77. The number of benzene rings is 2. The third-order valence-corrected chi connectivity index (χ3v) is 5.09. The van der Waals surface area contributed by atoms with Crippen LogP contribution >= 0.6 is 11.3 Å². The SMILES string of the molecule is CN(Cc1nc(-c2cccc(C(F)(F)F)c2)no1)Cc1nc2ccccc2s1. The summed E-state index contributed by atoms with van der Waals surface area (Å²) < 4.78 is 44.9. The van der Waals surface area contributed by atoms with Gasteiger partial charge in [-0.05, 0) is 31.3 Å². The summed E-state index contributed by atoms with van der Waals surface area (Å²) >= 11 is 1.62. The van der Waals surface area contributed by atoms with E-state index < -0.39 is 11.7 Å². The van der Waals surface area contributed by atoms with Gasteiger partial charge in [-0.25, -0.2) is 4.98 Å². The van der Waals surface area contributed by atoms with Crippen molar-refractivity contribution in [1.82, 2.24) is 20.0 Å². The summed E-state index contributed by atoms with van der Waals surface area (Å²) in [5.74, 6) is 0.463. The van der Waals surface area contributed by atoms with Crippen LogP contribution in [0, 0.1) is 0 Å². The number of nitrogens with zero attached hydrogens (tertiary/aromatic N) is 4. The molecule has 0 bridgehead atoms. The smallest absolute Gasteiger partial charge is 0.338 e. The minimum absolute atomic E-state index is 0.134. The fourth-order valence-corrected chi connectivity index (χ4v) is 3.82. The van der Waals surface area contributed by atoms with Crippen LogP contribution in [0.4, 0.5) is 13.2 Å². The molecular weight excluding hydrogens is 389 g/mol. The number of para-hydroxylation sites is 1. The molecule has 0 aliphatic rings. The molecule has 0 saturated heterocycles. The molecule has 4 aromatic rings. The van der Waals surface area contributed by atoms with Gasteiger partial charge in [-0.15, -0.1) is 11.3 Å². The molecule has 2 heterocycles. The zero-order valence-electron chi connectivity index (χ0n) is 14.8. The van der Waals surface area contributed by atoms with Crippen LogP contribution in [-0.2, 0) is 19.3 Å². The van der Waals surface area contributed by atoms with Crippen molar-refractivity contribution in [3.05, 3.63) is 65.0 Å². The normalized spacial score (nSPS) is 12.2. The third kappa shape index (κ3) is 4.05. The Hall–Kier alpha value is -2.78. The lowest BCUT2D eigenvalue weighted by atomic mass is 10.1. The fourth-order valence-electron chi connectivity index (χ4n) is 2.78. The van der Waals surface area contributed by atoms with Crippen molar-refractivity contribution in [2.75, 3.05) is 7.05 Å². The number of halogens is 3. The van der Waals surface area contributed by atoms with Gasteiger partial charge in [0.15, 0.2) is 0 Å². The molecule has 28 heavy (non-hydrogen) atoms. The van der Waals surface area contributed by atoms with Crippen LogP contribution in [0.15, 0.2) is 53.1 Å². The molecule has 4 rings (SSSR count). The number of aromatic nitrogens is 3. The Bertz CT molecular complexity index is 1070. The first-order valence-electron chi connectivity index (χ1n) is 8.42. The molecule has 9 heteroatoms. The van der Waals surface area contributed by atoms with Gasteiger partial charge in [-0.2, -0.15) is 18.2 Å². The number of alkyl halides is 3. The number of hydrogen-bond donors (Lipinski definition) is 0. The Morgan fingerprint density at radius 2 is 1.86 bits per heavy atom. The molecule has 0 amide bonds. The molecule has 0 fully saturated rings. The summed E-state index contributed by atoms with van der Waals surface area (Å²) in [6.07, 6.45) is -4.42. The van der Waals surface area contributed by atoms with Gasteiger partial charge in [0.1, 0.15) is 5.01 Å². The number of thiazole rings is 1. The number of rotatable bonds is 5. The van der Waals surface area contributed by atoms with E-state index in [1.54, 1.807) is 11.3 Å². The molecule has 0 atom stereocenters. The maximum atomic E-state index is 12.9. The minimum Gasteiger partial charge on any atom is -0.338 e. The first-order valence-corrected chi connectivity index (χ1v) is 9.23. The second-order valence-corrected chi connectivity index (χ2v) is 7.45. The van der Waals surface area contributed by atoms with Crippen LogP contribution in [0.2, 0.25) is 0 Å². The van der Waals surface area contributed by atoms with E-state index in [4.69, 9.17) is 4.52 Å². The molecule has 0 aliphatic heterocycles. The molecule has 0 N–H and O–H groups in total. The largest absolute Gasteiger partial charge is 0.416 e. The zero-order valence-corrected chi connectivity index (χ0v) is 15.6. The Balaban J connectivity index is 1.45. The summed E-state index contributed by atoms with van der Waals surface area (Å²) in [4.78, 5) is 10.8. The van der Waals surface area contributed by atoms with Crippen molar-refractivity contribution < 1.29 is 17.7 Å². The molecule has 144 valence electrons. The predicted molar refractivity (Wildman–Crippen MR) is 99.5 cm³/mol. The first kappa shape index (κ1) is 18.6. The van der Waals surface area contributed by atoms with Crippen molar-refractivity contribution in [3.8, 4) is 11.4 Å². The van der Waals surface area contributed by atoms with Gasteiger partial charge in [-0.3, -0.25) is 4.90 Å². The third-order valence-electron chi connectivity index (χ3n) is 4.06.